The maximum Gasteiger partial charge on any atom is 0.313 e. The molecule has 0 bridgehead atoms. The van der Waals surface area contributed by atoms with Crippen LogP contribution < -0.4 is 4.74 Å². The first-order valence-corrected chi connectivity index (χ1v) is 7.42. The maximum absolute atomic E-state index is 13.2. The molecule has 1 heterocycles. The summed E-state index contributed by atoms with van der Waals surface area (Å²) in [5.74, 6) is -3.49. The van der Waals surface area contributed by atoms with E-state index in [-0.39, 0.29) is 31.9 Å². The molecule has 132 valence electrons. The van der Waals surface area contributed by atoms with E-state index in [4.69, 9.17) is 9.47 Å². The van der Waals surface area contributed by atoms with Gasteiger partial charge in [0, 0.05) is 26.3 Å². The van der Waals surface area contributed by atoms with Gasteiger partial charge in [0.25, 0.3) is 5.91 Å². The fourth-order valence-electron chi connectivity index (χ4n) is 2.75. The monoisotopic (exact) mass is 343 g/mol. The summed E-state index contributed by atoms with van der Waals surface area (Å²) in [4.78, 5) is 25.3. The van der Waals surface area contributed by atoms with Crippen LogP contribution in [0.25, 0.3) is 0 Å². The molecule has 2 unspecified atom stereocenters. The van der Waals surface area contributed by atoms with Crippen molar-refractivity contribution in [1.82, 2.24) is 4.90 Å². The molecule has 1 aliphatic heterocycles. The van der Waals surface area contributed by atoms with Crippen LogP contribution >= 0.6 is 0 Å². The summed E-state index contributed by atoms with van der Waals surface area (Å²) in [5, 5.41) is 9.40. The summed E-state index contributed by atoms with van der Waals surface area (Å²) in [5.41, 5.74) is -1.13. The van der Waals surface area contributed by atoms with Crippen LogP contribution in [0, 0.1) is 17.0 Å². The summed E-state index contributed by atoms with van der Waals surface area (Å²) in [6, 6.07) is 2.99. The van der Waals surface area contributed by atoms with Crippen molar-refractivity contribution in [2.75, 3.05) is 26.8 Å². The number of carboxylic acid groups (broad SMARTS) is 1. The van der Waals surface area contributed by atoms with E-state index in [1.807, 2.05) is 0 Å². The number of hydrogen-bond donors (Lipinski definition) is 1. The van der Waals surface area contributed by atoms with Gasteiger partial charge in [-0.25, -0.2) is 8.78 Å². The molecular weight excluding hydrogens is 324 g/mol. The molecule has 0 radical (unpaired) electrons. The second-order valence-corrected chi connectivity index (χ2v) is 5.86. The van der Waals surface area contributed by atoms with E-state index < -0.39 is 35.0 Å². The third-order valence-electron chi connectivity index (χ3n) is 4.09. The molecule has 1 fully saturated rings. The minimum absolute atomic E-state index is 0.00449. The summed E-state index contributed by atoms with van der Waals surface area (Å²) in [6.07, 6.45) is -0.679. The number of likely N-dealkylation sites (tertiary alicyclic amines) is 1. The van der Waals surface area contributed by atoms with Gasteiger partial charge in [0.1, 0.15) is 11.2 Å². The van der Waals surface area contributed by atoms with Crippen LogP contribution in [0.2, 0.25) is 0 Å². The molecule has 2 atom stereocenters. The van der Waals surface area contributed by atoms with Gasteiger partial charge < -0.3 is 19.5 Å². The molecule has 1 amide bonds. The normalized spacial score (nSPS) is 21.6. The minimum Gasteiger partial charge on any atom is -0.481 e. The van der Waals surface area contributed by atoms with Crippen LogP contribution in [-0.2, 0) is 14.3 Å². The van der Waals surface area contributed by atoms with Gasteiger partial charge in [-0.05, 0) is 25.5 Å². The fraction of sp³-hybridized carbons (Fsp3) is 0.500. The fourth-order valence-corrected chi connectivity index (χ4v) is 2.75. The van der Waals surface area contributed by atoms with Crippen molar-refractivity contribution in [1.29, 1.82) is 0 Å². The van der Waals surface area contributed by atoms with Crippen molar-refractivity contribution in [3.8, 4) is 5.75 Å². The molecule has 0 aliphatic carbocycles. The van der Waals surface area contributed by atoms with Crippen LogP contribution in [0.15, 0.2) is 18.2 Å². The van der Waals surface area contributed by atoms with E-state index in [9.17, 15) is 23.5 Å². The number of hydrogen-bond acceptors (Lipinski definition) is 4. The van der Waals surface area contributed by atoms with Gasteiger partial charge in [-0.2, -0.15) is 0 Å². The van der Waals surface area contributed by atoms with E-state index in [1.165, 1.54) is 25.0 Å². The first kappa shape index (κ1) is 18.1. The molecule has 0 spiro atoms. The van der Waals surface area contributed by atoms with Crippen molar-refractivity contribution in [3.05, 3.63) is 29.8 Å². The molecule has 6 nitrogen and oxygen atoms in total. The van der Waals surface area contributed by atoms with Gasteiger partial charge in [0.05, 0.1) is 6.61 Å². The Hall–Kier alpha value is -2.22. The lowest BCUT2D eigenvalue weighted by Gasteiger charge is -2.25. The van der Waals surface area contributed by atoms with Gasteiger partial charge in [-0.3, -0.25) is 9.59 Å². The number of rotatable bonds is 6. The SMILES string of the molecule is COCC1(C(=O)O)CCN(C(=O)C(C)Oc2ccc(F)c(F)c2)C1. The zero-order chi connectivity index (χ0) is 17.9. The van der Waals surface area contributed by atoms with E-state index in [0.29, 0.717) is 0 Å². The van der Waals surface area contributed by atoms with Gasteiger partial charge in [-0.1, -0.05) is 0 Å². The minimum atomic E-state index is -1.13. The number of carbonyl (C=O) groups excluding carboxylic acids is 1. The van der Waals surface area contributed by atoms with E-state index in [1.54, 1.807) is 0 Å². The number of carbonyl (C=O) groups is 2. The molecule has 8 heteroatoms. The summed E-state index contributed by atoms with van der Waals surface area (Å²) in [7, 11) is 1.41. The Balaban J connectivity index is 2.03. The van der Waals surface area contributed by atoms with Crippen molar-refractivity contribution in [3.63, 3.8) is 0 Å². The summed E-state index contributed by atoms with van der Waals surface area (Å²) in [6.45, 7) is 1.76. The predicted octanol–water partition coefficient (Wildman–Crippen LogP) is 1.68. The average Bonchev–Trinajstić information content (AvgIpc) is 2.96. The molecule has 1 saturated heterocycles. The van der Waals surface area contributed by atoms with E-state index in [2.05, 4.69) is 0 Å². The number of ether oxygens (including phenoxy) is 2. The zero-order valence-electron chi connectivity index (χ0n) is 13.4. The van der Waals surface area contributed by atoms with Gasteiger partial charge in [-0.15, -0.1) is 0 Å². The number of halogens is 2. The van der Waals surface area contributed by atoms with Crippen LogP contribution in [0.1, 0.15) is 13.3 Å². The lowest BCUT2D eigenvalue weighted by molar-refractivity contribution is -0.152. The second kappa shape index (κ2) is 7.12. The standard InChI is InChI=1S/C16H19F2NO5/c1-10(24-11-3-4-12(17)13(18)7-11)14(20)19-6-5-16(8-19,9-23-2)15(21)22/h3-4,7,10H,5-6,8-9H2,1-2H3,(H,21,22). The second-order valence-electron chi connectivity index (χ2n) is 5.86. The van der Waals surface area contributed by atoms with Crippen LogP contribution in [0.3, 0.4) is 0 Å². The number of methoxy groups -OCH3 is 1. The Kier molecular flexibility index (Phi) is 5.38. The quantitative estimate of drug-likeness (QED) is 0.850. The molecule has 0 aromatic heterocycles. The van der Waals surface area contributed by atoms with Gasteiger partial charge >= 0.3 is 5.97 Å². The highest BCUT2D eigenvalue weighted by atomic mass is 19.2. The number of amides is 1. The third kappa shape index (κ3) is 3.64. The molecule has 24 heavy (non-hydrogen) atoms. The maximum atomic E-state index is 13.2. The molecule has 1 aromatic rings. The zero-order valence-corrected chi connectivity index (χ0v) is 13.4. The lowest BCUT2D eigenvalue weighted by atomic mass is 9.88. The summed E-state index contributed by atoms with van der Waals surface area (Å²) < 4.78 is 36.4. The first-order valence-electron chi connectivity index (χ1n) is 7.42. The van der Waals surface area contributed by atoms with Gasteiger partial charge in [0.2, 0.25) is 0 Å². The highest BCUT2D eigenvalue weighted by molar-refractivity contribution is 5.83. The number of nitrogens with zero attached hydrogens (tertiary/aromatic N) is 1. The van der Waals surface area contributed by atoms with Crippen LogP contribution in [-0.4, -0.2) is 54.8 Å². The lowest BCUT2D eigenvalue weighted by Crippen LogP contribution is -2.43. The Morgan fingerprint density at radius 2 is 2.08 bits per heavy atom. The van der Waals surface area contributed by atoms with Crippen molar-refractivity contribution in [2.24, 2.45) is 5.41 Å². The Morgan fingerprint density at radius 1 is 1.38 bits per heavy atom. The Labute approximate surface area is 138 Å². The smallest absolute Gasteiger partial charge is 0.313 e. The third-order valence-corrected chi connectivity index (χ3v) is 4.09. The van der Waals surface area contributed by atoms with E-state index in [0.717, 1.165) is 12.1 Å². The molecule has 2 rings (SSSR count). The van der Waals surface area contributed by atoms with Crippen molar-refractivity contribution in [2.45, 2.75) is 19.4 Å². The van der Waals surface area contributed by atoms with Crippen LogP contribution in [0.5, 0.6) is 5.75 Å². The molecule has 1 aliphatic rings. The Bertz CT molecular complexity index is 639. The summed E-state index contributed by atoms with van der Waals surface area (Å²) >= 11 is 0. The molecule has 0 saturated carbocycles. The Morgan fingerprint density at radius 3 is 2.67 bits per heavy atom. The predicted molar refractivity (Wildman–Crippen MR) is 79.6 cm³/mol. The number of carboxylic acids is 1. The molecule has 1 N–H and O–H groups in total. The van der Waals surface area contributed by atoms with Crippen molar-refractivity contribution >= 4 is 11.9 Å². The van der Waals surface area contributed by atoms with E-state index >= 15 is 0 Å². The van der Waals surface area contributed by atoms with Crippen molar-refractivity contribution < 1.29 is 33.0 Å². The first-order chi connectivity index (χ1) is 11.3. The molecule has 1 aromatic carbocycles. The average molecular weight is 343 g/mol. The van der Waals surface area contributed by atoms with Crippen LogP contribution in [0.4, 0.5) is 8.78 Å². The highest BCUT2D eigenvalue weighted by Gasteiger charge is 2.47. The largest absolute Gasteiger partial charge is 0.481 e. The number of benzene rings is 1. The highest BCUT2D eigenvalue weighted by Crippen LogP contribution is 2.32. The molecular formula is C16H19F2NO5. The van der Waals surface area contributed by atoms with Gasteiger partial charge in [0.15, 0.2) is 17.7 Å². The number of aliphatic carboxylic acids is 1. The topological polar surface area (TPSA) is 76.1 Å².